The molecule has 2 aromatic rings. The summed E-state index contributed by atoms with van der Waals surface area (Å²) < 4.78 is 1.27. The first-order valence-corrected chi connectivity index (χ1v) is 7.45. The topological polar surface area (TPSA) is 38.9 Å². The normalized spacial score (nSPS) is 11.1. The molecular weight excluding hydrogens is 343 g/mol. The van der Waals surface area contributed by atoms with Crippen molar-refractivity contribution < 1.29 is 0 Å². The number of nitrogen functional groups attached to an aromatic ring is 1. The van der Waals surface area contributed by atoms with Gasteiger partial charge < -0.3 is 5.73 Å². The van der Waals surface area contributed by atoms with Crippen LogP contribution in [0.2, 0.25) is 0 Å². The van der Waals surface area contributed by atoms with Gasteiger partial charge in [-0.15, -0.1) is 11.3 Å². The van der Waals surface area contributed by atoms with Gasteiger partial charge in [0.1, 0.15) is 0 Å². The molecule has 90 valence electrons. The smallest absolute Gasteiger partial charge is 0.180 e. The molecule has 0 saturated heterocycles. The predicted molar refractivity (Wildman–Crippen MR) is 82.6 cm³/mol. The van der Waals surface area contributed by atoms with Gasteiger partial charge in [-0.2, -0.15) is 0 Å². The number of hydrogen-bond acceptors (Lipinski definition) is 3. The summed E-state index contributed by atoms with van der Waals surface area (Å²) in [4.78, 5) is 5.71. The third kappa shape index (κ3) is 3.19. The average Bonchev–Trinajstić information content (AvgIpc) is 2.59. The minimum atomic E-state index is 0.432. The van der Waals surface area contributed by atoms with Gasteiger partial charge in [0.2, 0.25) is 0 Å². The van der Waals surface area contributed by atoms with Crippen LogP contribution in [0, 0.1) is 3.57 Å². The third-order valence-electron chi connectivity index (χ3n) is 2.54. The zero-order valence-electron chi connectivity index (χ0n) is 9.90. The van der Waals surface area contributed by atoms with E-state index >= 15 is 0 Å². The maximum absolute atomic E-state index is 5.81. The van der Waals surface area contributed by atoms with Crippen LogP contribution in [0.3, 0.4) is 0 Å². The molecule has 0 aliphatic rings. The number of nitrogens with zero attached hydrogens (tertiary/aromatic N) is 1. The molecule has 0 spiro atoms. The van der Waals surface area contributed by atoms with E-state index in [1.807, 2.05) is 0 Å². The molecular formula is C13H15IN2S. The minimum absolute atomic E-state index is 0.432. The van der Waals surface area contributed by atoms with Gasteiger partial charge >= 0.3 is 0 Å². The second kappa shape index (κ2) is 5.35. The molecule has 0 aliphatic heterocycles. The van der Waals surface area contributed by atoms with Crippen molar-refractivity contribution in [2.24, 2.45) is 0 Å². The van der Waals surface area contributed by atoms with E-state index in [4.69, 9.17) is 5.73 Å². The highest BCUT2D eigenvalue weighted by Crippen LogP contribution is 2.28. The van der Waals surface area contributed by atoms with E-state index in [2.05, 4.69) is 65.7 Å². The van der Waals surface area contributed by atoms with Crippen LogP contribution in [-0.2, 0) is 6.42 Å². The first-order valence-electron chi connectivity index (χ1n) is 5.55. The van der Waals surface area contributed by atoms with Gasteiger partial charge in [-0.25, -0.2) is 4.98 Å². The lowest BCUT2D eigenvalue weighted by atomic mass is 10.1. The third-order valence-corrected chi connectivity index (χ3v) is 4.12. The first kappa shape index (κ1) is 12.8. The zero-order valence-corrected chi connectivity index (χ0v) is 12.9. The molecule has 2 nitrogen and oxygen atoms in total. The van der Waals surface area contributed by atoms with E-state index < -0.39 is 0 Å². The molecule has 0 bridgehead atoms. The number of hydrogen-bond donors (Lipinski definition) is 1. The predicted octanol–water partition coefficient (Wildman–Crippen LogP) is 4.04. The van der Waals surface area contributed by atoms with E-state index in [1.54, 1.807) is 11.3 Å². The highest BCUT2D eigenvalue weighted by Gasteiger charge is 2.13. The summed E-state index contributed by atoms with van der Waals surface area (Å²) in [6.07, 6.45) is 0.930. The molecule has 0 fully saturated rings. The maximum Gasteiger partial charge on any atom is 0.180 e. The Hall–Kier alpha value is -0.620. The summed E-state index contributed by atoms with van der Waals surface area (Å²) in [5, 5.41) is 0.675. The Bertz CT molecular complexity index is 520. The maximum atomic E-state index is 5.81. The van der Waals surface area contributed by atoms with Crippen LogP contribution in [0.5, 0.6) is 0 Å². The number of rotatable bonds is 3. The molecule has 1 aromatic carbocycles. The Kier molecular flexibility index (Phi) is 4.04. The molecule has 1 heterocycles. The fourth-order valence-electron chi connectivity index (χ4n) is 1.79. The van der Waals surface area contributed by atoms with Crippen LogP contribution < -0.4 is 5.73 Å². The zero-order chi connectivity index (χ0) is 12.4. The number of aromatic nitrogens is 1. The van der Waals surface area contributed by atoms with Crippen molar-refractivity contribution in [3.63, 3.8) is 0 Å². The number of halogens is 1. The monoisotopic (exact) mass is 358 g/mol. The second-order valence-electron chi connectivity index (χ2n) is 4.32. The second-order valence-corrected chi connectivity index (χ2v) is 6.68. The van der Waals surface area contributed by atoms with Gasteiger partial charge in [0.15, 0.2) is 5.13 Å². The van der Waals surface area contributed by atoms with Crippen LogP contribution in [0.1, 0.15) is 35.9 Å². The largest absolute Gasteiger partial charge is 0.375 e. The molecule has 2 N–H and O–H groups in total. The summed E-state index contributed by atoms with van der Waals surface area (Å²) in [6.45, 7) is 4.32. The van der Waals surface area contributed by atoms with E-state index in [0.717, 1.165) is 12.1 Å². The summed E-state index contributed by atoms with van der Waals surface area (Å²) in [6, 6.07) is 8.56. The van der Waals surface area contributed by atoms with Gasteiger partial charge in [0, 0.05) is 14.9 Å². The molecule has 4 heteroatoms. The summed E-state index contributed by atoms with van der Waals surface area (Å²) in [5.41, 5.74) is 8.27. The van der Waals surface area contributed by atoms with Crippen molar-refractivity contribution >= 4 is 39.1 Å². The van der Waals surface area contributed by atoms with E-state index in [-0.39, 0.29) is 0 Å². The lowest BCUT2D eigenvalue weighted by molar-refractivity contribution is 0.820. The van der Waals surface area contributed by atoms with Gasteiger partial charge in [-0.05, 0) is 46.2 Å². The van der Waals surface area contributed by atoms with Gasteiger partial charge in [-0.1, -0.05) is 26.0 Å². The molecule has 1 aromatic heterocycles. The SMILES string of the molecule is CC(C)c1nc(N)sc1Cc1cccc(I)c1. The van der Waals surface area contributed by atoms with Crippen LogP contribution in [0.25, 0.3) is 0 Å². The number of thiazole rings is 1. The Labute approximate surface area is 119 Å². The molecule has 2 rings (SSSR count). The van der Waals surface area contributed by atoms with Crippen molar-refractivity contribution in [3.8, 4) is 0 Å². The first-order chi connectivity index (χ1) is 8.06. The molecule has 0 saturated carbocycles. The lowest BCUT2D eigenvalue weighted by Gasteiger charge is -2.05. The summed E-state index contributed by atoms with van der Waals surface area (Å²) in [5.74, 6) is 0.432. The van der Waals surface area contributed by atoms with E-state index in [0.29, 0.717) is 11.0 Å². The molecule has 0 radical (unpaired) electrons. The van der Waals surface area contributed by atoms with Gasteiger partial charge in [0.05, 0.1) is 5.69 Å². The highest BCUT2D eigenvalue weighted by atomic mass is 127. The molecule has 0 amide bonds. The molecule has 0 unspecified atom stereocenters. The van der Waals surface area contributed by atoms with Crippen molar-refractivity contribution in [1.29, 1.82) is 0 Å². The van der Waals surface area contributed by atoms with Crippen LogP contribution in [0.4, 0.5) is 5.13 Å². The van der Waals surface area contributed by atoms with E-state index in [1.165, 1.54) is 14.0 Å². The van der Waals surface area contributed by atoms with Crippen molar-refractivity contribution in [2.75, 3.05) is 5.73 Å². The molecule has 0 aliphatic carbocycles. The van der Waals surface area contributed by atoms with Crippen LogP contribution in [0.15, 0.2) is 24.3 Å². The fourth-order valence-corrected chi connectivity index (χ4v) is 3.42. The quantitative estimate of drug-likeness (QED) is 0.841. The highest BCUT2D eigenvalue weighted by molar-refractivity contribution is 14.1. The lowest BCUT2D eigenvalue weighted by Crippen LogP contribution is -1.95. The summed E-state index contributed by atoms with van der Waals surface area (Å²) in [7, 11) is 0. The van der Waals surface area contributed by atoms with Gasteiger partial charge in [-0.3, -0.25) is 0 Å². The fraction of sp³-hybridized carbons (Fsp3) is 0.308. The Balaban J connectivity index is 2.29. The van der Waals surface area contributed by atoms with Crippen molar-refractivity contribution in [1.82, 2.24) is 4.98 Å². The number of benzene rings is 1. The number of anilines is 1. The van der Waals surface area contributed by atoms with Crippen molar-refractivity contribution in [3.05, 3.63) is 44.0 Å². The number of nitrogens with two attached hydrogens (primary N) is 1. The van der Waals surface area contributed by atoms with E-state index in [9.17, 15) is 0 Å². The van der Waals surface area contributed by atoms with Crippen LogP contribution in [-0.4, -0.2) is 4.98 Å². The van der Waals surface area contributed by atoms with Crippen LogP contribution >= 0.6 is 33.9 Å². The van der Waals surface area contributed by atoms with Crippen molar-refractivity contribution in [2.45, 2.75) is 26.2 Å². The summed E-state index contributed by atoms with van der Waals surface area (Å²) >= 11 is 3.95. The Morgan fingerprint density at radius 2 is 2.18 bits per heavy atom. The molecule has 0 atom stereocenters. The Morgan fingerprint density at radius 3 is 2.82 bits per heavy atom. The average molecular weight is 358 g/mol. The van der Waals surface area contributed by atoms with Gasteiger partial charge in [0.25, 0.3) is 0 Å². The minimum Gasteiger partial charge on any atom is -0.375 e. The Morgan fingerprint density at radius 1 is 1.41 bits per heavy atom. The molecule has 17 heavy (non-hydrogen) atoms. The standard InChI is InChI=1S/C13H15IN2S/c1-8(2)12-11(17-13(15)16-12)7-9-4-3-5-10(14)6-9/h3-6,8H,7H2,1-2H3,(H2,15,16).